The lowest BCUT2D eigenvalue weighted by atomic mass is 9.86. The average Bonchev–Trinajstić information content (AvgIpc) is 3.20. The van der Waals surface area contributed by atoms with Crippen LogP contribution in [0.25, 0.3) is 0 Å². The lowest BCUT2D eigenvalue weighted by Gasteiger charge is -2.34. The SMILES string of the molecule is CCCCCC/C=C\C1C[C@]1(NC(=O)[C@@H]1CCCN1C(=O)CNC(=O)N[C@H](CN1CCCC1=O)C(C)(C)C)C(=O)O. The zero-order valence-corrected chi connectivity index (χ0v) is 25.2. The van der Waals surface area contributed by atoms with Gasteiger partial charge >= 0.3 is 12.0 Å². The van der Waals surface area contributed by atoms with E-state index in [0.717, 1.165) is 32.1 Å². The summed E-state index contributed by atoms with van der Waals surface area (Å²) in [6.07, 6.45) is 12.0. The van der Waals surface area contributed by atoms with Crippen LogP contribution < -0.4 is 16.0 Å². The van der Waals surface area contributed by atoms with Crippen LogP contribution in [-0.2, 0) is 19.2 Å². The van der Waals surface area contributed by atoms with Gasteiger partial charge in [-0.1, -0.05) is 59.1 Å². The molecule has 11 nitrogen and oxygen atoms in total. The minimum absolute atomic E-state index is 0.0793. The van der Waals surface area contributed by atoms with Crippen molar-refractivity contribution < 1.29 is 29.1 Å². The van der Waals surface area contributed by atoms with Gasteiger partial charge in [0.1, 0.15) is 11.6 Å². The number of unbranched alkanes of at least 4 members (excludes halogenated alkanes) is 4. The number of carbonyl (C=O) groups excluding carboxylic acids is 4. The predicted molar refractivity (Wildman–Crippen MR) is 155 cm³/mol. The number of allylic oxidation sites excluding steroid dienone is 1. The second-order valence-corrected chi connectivity index (χ2v) is 12.8. The minimum atomic E-state index is -1.33. The number of nitrogens with zero attached hydrogens (tertiary/aromatic N) is 2. The third-order valence-electron chi connectivity index (χ3n) is 8.54. The first-order valence-electron chi connectivity index (χ1n) is 15.2. The van der Waals surface area contributed by atoms with Gasteiger partial charge in [0.15, 0.2) is 0 Å². The molecule has 41 heavy (non-hydrogen) atoms. The van der Waals surface area contributed by atoms with E-state index >= 15 is 0 Å². The number of rotatable bonds is 14. The normalized spacial score (nSPS) is 24.9. The zero-order chi connectivity index (χ0) is 30.2. The predicted octanol–water partition coefficient (Wildman–Crippen LogP) is 2.80. The Morgan fingerprint density at radius 3 is 2.51 bits per heavy atom. The second kappa shape index (κ2) is 14.2. The number of urea groups is 1. The molecule has 2 heterocycles. The molecule has 0 aromatic heterocycles. The molecule has 0 aromatic rings. The Hall–Kier alpha value is -3.11. The van der Waals surface area contributed by atoms with E-state index in [9.17, 15) is 29.1 Å². The van der Waals surface area contributed by atoms with Crippen molar-refractivity contribution in [2.45, 2.75) is 110 Å². The Bertz CT molecular complexity index is 1010. The van der Waals surface area contributed by atoms with Crippen molar-refractivity contribution in [1.29, 1.82) is 0 Å². The van der Waals surface area contributed by atoms with Crippen molar-refractivity contribution in [3.8, 4) is 0 Å². The molecule has 11 heteroatoms. The highest BCUT2D eigenvalue weighted by atomic mass is 16.4. The highest BCUT2D eigenvalue weighted by Crippen LogP contribution is 2.45. The number of hydrogen-bond donors (Lipinski definition) is 4. The van der Waals surface area contributed by atoms with Crippen LogP contribution in [0.2, 0.25) is 0 Å². The molecule has 230 valence electrons. The number of carboxylic acid groups (broad SMARTS) is 1. The van der Waals surface area contributed by atoms with Gasteiger partial charge in [-0.25, -0.2) is 9.59 Å². The quantitative estimate of drug-likeness (QED) is 0.185. The maximum Gasteiger partial charge on any atom is 0.330 e. The Morgan fingerprint density at radius 1 is 1.12 bits per heavy atom. The average molecular weight is 576 g/mol. The first kappa shape index (κ1) is 32.4. The number of carbonyl (C=O) groups is 5. The molecule has 5 amide bonds. The van der Waals surface area contributed by atoms with Crippen LogP contribution in [0, 0.1) is 11.3 Å². The highest BCUT2D eigenvalue weighted by Gasteiger charge is 2.61. The number of amides is 5. The van der Waals surface area contributed by atoms with Crippen molar-refractivity contribution >= 4 is 29.7 Å². The van der Waals surface area contributed by atoms with E-state index in [-0.39, 0.29) is 29.8 Å². The molecule has 2 saturated heterocycles. The first-order valence-corrected chi connectivity index (χ1v) is 15.2. The summed E-state index contributed by atoms with van der Waals surface area (Å²) in [7, 11) is 0. The molecule has 3 fully saturated rings. The van der Waals surface area contributed by atoms with Gasteiger partial charge in [0, 0.05) is 32.0 Å². The Kier molecular flexibility index (Phi) is 11.2. The summed E-state index contributed by atoms with van der Waals surface area (Å²) in [4.78, 5) is 66.3. The number of likely N-dealkylation sites (tertiary alicyclic amines) is 2. The van der Waals surface area contributed by atoms with E-state index in [1.54, 1.807) is 4.90 Å². The molecule has 0 aromatic carbocycles. The van der Waals surface area contributed by atoms with Gasteiger partial charge in [-0.3, -0.25) is 14.4 Å². The van der Waals surface area contributed by atoms with E-state index in [0.29, 0.717) is 45.3 Å². The molecule has 4 N–H and O–H groups in total. The lowest BCUT2D eigenvalue weighted by Crippen LogP contribution is -2.56. The van der Waals surface area contributed by atoms with E-state index in [1.165, 1.54) is 11.3 Å². The smallest absolute Gasteiger partial charge is 0.330 e. The van der Waals surface area contributed by atoms with Crippen molar-refractivity contribution in [3.05, 3.63) is 12.2 Å². The van der Waals surface area contributed by atoms with Gasteiger partial charge in [0.25, 0.3) is 0 Å². The lowest BCUT2D eigenvalue weighted by molar-refractivity contribution is -0.145. The van der Waals surface area contributed by atoms with E-state index in [1.807, 2.05) is 32.9 Å². The van der Waals surface area contributed by atoms with E-state index in [4.69, 9.17) is 0 Å². The summed E-state index contributed by atoms with van der Waals surface area (Å²) in [5, 5.41) is 18.1. The molecule has 4 atom stereocenters. The monoisotopic (exact) mass is 575 g/mol. The molecule has 1 unspecified atom stereocenters. The molecule has 0 spiro atoms. The van der Waals surface area contributed by atoms with Crippen LogP contribution in [0.4, 0.5) is 4.79 Å². The van der Waals surface area contributed by atoms with Crippen molar-refractivity contribution in [3.63, 3.8) is 0 Å². The number of hydrogen-bond acceptors (Lipinski definition) is 5. The molecule has 3 rings (SSSR count). The van der Waals surface area contributed by atoms with Crippen LogP contribution >= 0.6 is 0 Å². The standard InChI is InChI=1S/C30H49N5O6/c1-5-6-7-8-9-10-13-21-18-30(21,27(39)40)33-26(38)22-14-11-17-35(22)25(37)19-31-28(41)32-23(29(2,3)4)20-34-16-12-15-24(34)36/h10,13,21-23H,5-9,11-12,14-20H2,1-4H3,(H,33,38)(H,39,40)(H2,31,32,41)/b13-10-/t21?,22-,23+,30+/m0/s1. The van der Waals surface area contributed by atoms with Crippen molar-refractivity contribution in [2.24, 2.45) is 11.3 Å². The molecular weight excluding hydrogens is 526 g/mol. The van der Waals surface area contributed by atoms with Crippen LogP contribution in [0.15, 0.2) is 12.2 Å². The molecule has 2 aliphatic heterocycles. The zero-order valence-electron chi connectivity index (χ0n) is 25.2. The third-order valence-corrected chi connectivity index (χ3v) is 8.54. The van der Waals surface area contributed by atoms with E-state index < -0.39 is 35.4 Å². The molecule has 1 aliphatic carbocycles. The minimum Gasteiger partial charge on any atom is -0.479 e. The van der Waals surface area contributed by atoms with Gasteiger partial charge in [-0.05, 0) is 43.9 Å². The van der Waals surface area contributed by atoms with Crippen molar-refractivity contribution in [2.75, 3.05) is 26.2 Å². The largest absolute Gasteiger partial charge is 0.479 e. The highest BCUT2D eigenvalue weighted by molar-refractivity contribution is 5.95. The molecule has 0 radical (unpaired) electrons. The van der Waals surface area contributed by atoms with Gasteiger partial charge in [0.2, 0.25) is 17.7 Å². The fraction of sp³-hybridized carbons (Fsp3) is 0.767. The maximum atomic E-state index is 13.2. The maximum absolute atomic E-state index is 13.2. The summed E-state index contributed by atoms with van der Waals surface area (Å²) < 4.78 is 0. The number of aliphatic carboxylic acids is 1. The summed E-state index contributed by atoms with van der Waals surface area (Å²) in [6, 6.07) is -1.60. The topological polar surface area (TPSA) is 148 Å². The van der Waals surface area contributed by atoms with Gasteiger partial charge in [-0.15, -0.1) is 0 Å². The second-order valence-electron chi connectivity index (χ2n) is 12.8. The Balaban J connectivity index is 1.50. The van der Waals surface area contributed by atoms with Crippen LogP contribution in [-0.4, -0.2) is 88.4 Å². The van der Waals surface area contributed by atoms with E-state index in [2.05, 4.69) is 22.9 Å². The van der Waals surface area contributed by atoms with Crippen LogP contribution in [0.3, 0.4) is 0 Å². The summed E-state index contributed by atoms with van der Waals surface area (Å²) >= 11 is 0. The fourth-order valence-electron chi connectivity index (χ4n) is 5.67. The van der Waals surface area contributed by atoms with Crippen LogP contribution in [0.1, 0.15) is 91.9 Å². The summed E-state index contributed by atoms with van der Waals surface area (Å²) in [5.41, 5.74) is -1.64. The summed E-state index contributed by atoms with van der Waals surface area (Å²) in [5.74, 6) is -2.12. The number of nitrogens with one attached hydrogen (secondary N) is 3. The fourth-order valence-corrected chi connectivity index (χ4v) is 5.67. The molecule has 1 saturated carbocycles. The van der Waals surface area contributed by atoms with Crippen LogP contribution in [0.5, 0.6) is 0 Å². The van der Waals surface area contributed by atoms with Gasteiger partial charge in [0.05, 0.1) is 12.6 Å². The van der Waals surface area contributed by atoms with Gasteiger partial charge < -0.3 is 30.9 Å². The molecular formula is C30H49N5O6. The van der Waals surface area contributed by atoms with Crippen molar-refractivity contribution in [1.82, 2.24) is 25.8 Å². The third kappa shape index (κ3) is 8.69. The van der Waals surface area contributed by atoms with Gasteiger partial charge in [-0.2, -0.15) is 0 Å². The molecule has 3 aliphatic rings. The number of carboxylic acids is 1. The Labute approximate surface area is 243 Å². The first-order chi connectivity index (χ1) is 19.4. The summed E-state index contributed by atoms with van der Waals surface area (Å²) in [6.45, 7) is 9.24. The Morgan fingerprint density at radius 2 is 1.88 bits per heavy atom. The molecule has 0 bridgehead atoms.